The fourth-order valence-corrected chi connectivity index (χ4v) is 2.46. The van der Waals surface area contributed by atoms with E-state index in [9.17, 15) is 8.42 Å². The van der Waals surface area contributed by atoms with Crippen LogP contribution in [0.5, 0.6) is 0 Å². The van der Waals surface area contributed by atoms with Gasteiger partial charge in [0.05, 0.1) is 5.75 Å². The molecule has 3 nitrogen and oxygen atoms in total. The molecule has 1 atom stereocenters. The number of hydrogen-bond donors (Lipinski definition) is 1. The molecule has 66 valence electrons. The predicted octanol–water partition coefficient (Wildman–Crippen LogP) is 0.173. The quantitative estimate of drug-likeness (QED) is 0.668. The standard InChI is InChI=1S/C7H15NO2S/c1-2-11(9,10)6-7-4-3-5-8-7/h7-8H,2-6H2,1H3/t7-/m1/s1. The van der Waals surface area contributed by atoms with Gasteiger partial charge in [-0.25, -0.2) is 8.42 Å². The number of hydrogen-bond acceptors (Lipinski definition) is 3. The summed E-state index contributed by atoms with van der Waals surface area (Å²) >= 11 is 0. The third-order valence-electron chi connectivity index (χ3n) is 2.06. The molecule has 1 heterocycles. The van der Waals surface area contributed by atoms with Gasteiger partial charge in [0.15, 0.2) is 9.84 Å². The van der Waals surface area contributed by atoms with E-state index >= 15 is 0 Å². The van der Waals surface area contributed by atoms with Crippen LogP contribution in [0.25, 0.3) is 0 Å². The zero-order valence-electron chi connectivity index (χ0n) is 6.84. The Labute approximate surface area is 68.1 Å². The summed E-state index contributed by atoms with van der Waals surface area (Å²) in [6.07, 6.45) is 2.13. The molecule has 0 unspecified atom stereocenters. The van der Waals surface area contributed by atoms with Gasteiger partial charge in [-0.1, -0.05) is 6.92 Å². The van der Waals surface area contributed by atoms with Crippen LogP contribution >= 0.6 is 0 Å². The zero-order valence-corrected chi connectivity index (χ0v) is 7.65. The van der Waals surface area contributed by atoms with Crippen LogP contribution in [0.1, 0.15) is 19.8 Å². The molecule has 1 N–H and O–H groups in total. The Bertz CT molecular complexity index is 204. The summed E-state index contributed by atoms with van der Waals surface area (Å²) in [4.78, 5) is 0. The highest BCUT2D eigenvalue weighted by molar-refractivity contribution is 7.91. The monoisotopic (exact) mass is 177 g/mol. The van der Waals surface area contributed by atoms with Gasteiger partial charge < -0.3 is 5.32 Å². The first-order valence-corrected chi connectivity index (χ1v) is 5.90. The van der Waals surface area contributed by atoms with Gasteiger partial charge in [-0.3, -0.25) is 0 Å². The molecule has 0 radical (unpaired) electrons. The molecular weight excluding hydrogens is 162 g/mol. The van der Waals surface area contributed by atoms with Crippen LogP contribution in [0.2, 0.25) is 0 Å². The third-order valence-corrected chi connectivity index (χ3v) is 3.85. The Kier molecular flexibility index (Phi) is 2.90. The first kappa shape index (κ1) is 9.00. The summed E-state index contributed by atoms with van der Waals surface area (Å²) in [7, 11) is -2.77. The lowest BCUT2D eigenvalue weighted by Crippen LogP contribution is -2.30. The molecule has 0 amide bonds. The van der Waals surface area contributed by atoms with Crippen molar-refractivity contribution in [2.75, 3.05) is 18.1 Å². The molecule has 1 aliphatic rings. The minimum Gasteiger partial charge on any atom is -0.313 e. The maximum Gasteiger partial charge on any atom is 0.151 e. The molecule has 1 fully saturated rings. The molecular formula is C7H15NO2S. The summed E-state index contributed by atoms with van der Waals surface area (Å²) in [6.45, 7) is 2.67. The zero-order chi connectivity index (χ0) is 8.32. The van der Waals surface area contributed by atoms with Gasteiger partial charge >= 0.3 is 0 Å². The van der Waals surface area contributed by atoms with Crippen molar-refractivity contribution < 1.29 is 8.42 Å². The van der Waals surface area contributed by atoms with Crippen LogP contribution in [0.3, 0.4) is 0 Å². The normalized spacial score (nSPS) is 25.7. The van der Waals surface area contributed by atoms with Gasteiger partial charge in [-0.05, 0) is 19.4 Å². The topological polar surface area (TPSA) is 46.2 Å². The maximum absolute atomic E-state index is 11.1. The third kappa shape index (κ3) is 2.79. The molecule has 1 saturated heterocycles. The first-order valence-electron chi connectivity index (χ1n) is 4.08. The van der Waals surface area contributed by atoms with E-state index < -0.39 is 9.84 Å². The molecule has 4 heteroatoms. The van der Waals surface area contributed by atoms with Gasteiger partial charge in [-0.2, -0.15) is 0 Å². The lowest BCUT2D eigenvalue weighted by atomic mass is 10.3. The largest absolute Gasteiger partial charge is 0.313 e. The summed E-state index contributed by atoms with van der Waals surface area (Å²) in [5.41, 5.74) is 0. The molecule has 0 bridgehead atoms. The van der Waals surface area contributed by atoms with Crippen molar-refractivity contribution in [3.05, 3.63) is 0 Å². The van der Waals surface area contributed by atoms with E-state index in [4.69, 9.17) is 0 Å². The number of sulfone groups is 1. The van der Waals surface area contributed by atoms with Crippen molar-refractivity contribution >= 4 is 9.84 Å². The first-order chi connectivity index (χ1) is 5.14. The summed E-state index contributed by atoms with van der Waals surface area (Å²) in [6, 6.07) is 0.222. The van der Waals surface area contributed by atoms with Crippen LogP contribution in [0.15, 0.2) is 0 Å². The minimum atomic E-state index is -2.77. The van der Waals surface area contributed by atoms with Crippen molar-refractivity contribution in [1.82, 2.24) is 5.32 Å². The summed E-state index contributed by atoms with van der Waals surface area (Å²) < 4.78 is 22.2. The lowest BCUT2D eigenvalue weighted by Gasteiger charge is -2.08. The van der Waals surface area contributed by atoms with Crippen LogP contribution < -0.4 is 5.32 Å². The SMILES string of the molecule is CCS(=O)(=O)C[C@H]1CCCN1. The minimum absolute atomic E-state index is 0.222. The second kappa shape index (κ2) is 3.54. The van der Waals surface area contributed by atoms with Crippen molar-refractivity contribution in [3.63, 3.8) is 0 Å². The Morgan fingerprint density at radius 2 is 2.27 bits per heavy atom. The molecule has 0 saturated carbocycles. The molecule has 0 spiro atoms. The van der Waals surface area contributed by atoms with E-state index in [1.54, 1.807) is 6.92 Å². The fraction of sp³-hybridized carbons (Fsp3) is 1.00. The Balaban J connectivity index is 2.41. The van der Waals surface area contributed by atoms with E-state index in [2.05, 4.69) is 5.32 Å². The lowest BCUT2D eigenvalue weighted by molar-refractivity contribution is 0.578. The van der Waals surface area contributed by atoms with Gasteiger partial charge in [-0.15, -0.1) is 0 Å². The van der Waals surface area contributed by atoms with Crippen LogP contribution in [0.4, 0.5) is 0 Å². The van der Waals surface area contributed by atoms with Crippen molar-refractivity contribution in [2.45, 2.75) is 25.8 Å². The number of nitrogens with one attached hydrogen (secondary N) is 1. The van der Waals surface area contributed by atoms with Gasteiger partial charge in [0.2, 0.25) is 0 Å². The van der Waals surface area contributed by atoms with Crippen LogP contribution in [-0.4, -0.2) is 32.5 Å². The number of rotatable bonds is 3. The van der Waals surface area contributed by atoms with Crippen molar-refractivity contribution in [1.29, 1.82) is 0 Å². The molecule has 1 rings (SSSR count). The highest BCUT2D eigenvalue weighted by atomic mass is 32.2. The van der Waals surface area contributed by atoms with E-state index in [0.29, 0.717) is 5.75 Å². The van der Waals surface area contributed by atoms with Crippen LogP contribution in [0, 0.1) is 0 Å². The fourth-order valence-electron chi connectivity index (χ4n) is 1.32. The van der Waals surface area contributed by atoms with E-state index in [-0.39, 0.29) is 11.8 Å². The smallest absolute Gasteiger partial charge is 0.151 e. The van der Waals surface area contributed by atoms with Crippen LogP contribution in [-0.2, 0) is 9.84 Å². The molecule has 0 aromatic carbocycles. The molecule has 11 heavy (non-hydrogen) atoms. The average molecular weight is 177 g/mol. The Morgan fingerprint density at radius 3 is 2.73 bits per heavy atom. The van der Waals surface area contributed by atoms with E-state index in [1.165, 1.54) is 0 Å². The molecule has 0 aromatic rings. The van der Waals surface area contributed by atoms with E-state index in [0.717, 1.165) is 19.4 Å². The second-order valence-electron chi connectivity index (χ2n) is 2.99. The highest BCUT2D eigenvalue weighted by Gasteiger charge is 2.20. The Hall–Kier alpha value is -0.0900. The Morgan fingerprint density at radius 1 is 1.55 bits per heavy atom. The average Bonchev–Trinajstić information content (AvgIpc) is 2.39. The second-order valence-corrected chi connectivity index (χ2v) is 5.39. The molecule has 0 aliphatic carbocycles. The van der Waals surface area contributed by atoms with Gasteiger partial charge in [0, 0.05) is 11.8 Å². The maximum atomic E-state index is 11.1. The van der Waals surface area contributed by atoms with Gasteiger partial charge in [0.25, 0.3) is 0 Å². The molecule has 0 aromatic heterocycles. The highest BCUT2D eigenvalue weighted by Crippen LogP contribution is 2.07. The van der Waals surface area contributed by atoms with Crippen molar-refractivity contribution in [3.8, 4) is 0 Å². The summed E-state index contributed by atoms with van der Waals surface area (Å²) in [5, 5.41) is 3.17. The summed E-state index contributed by atoms with van der Waals surface area (Å²) in [5.74, 6) is 0.592. The van der Waals surface area contributed by atoms with Gasteiger partial charge in [0.1, 0.15) is 0 Å². The molecule has 1 aliphatic heterocycles. The predicted molar refractivity (Wildman–Crippen MR) is 45.4 cm³/mol. The van der Waals surface area contributed by atoms with E-state index in [1.807, 2.05) is 0 Å². The van der Waals surface area contributed by atoms with Crippen molar-refractivity contribution in [2.24, 2.45) is 0 Å².